The summed E-state index contributed by atoms with van der Waals surface area (Å²) in [6.45, 7) is 8.85. The van der Waals surface area contributed by atoms with Crippen LogP contribution in [0.1, 0.15) is 87.8 Å². The lowest BCUT2D eigenvalue weighted by Crippen LogP contribution is -2.36. The number of sulfonamides is 1. The molecule has 2 aliphatic heterocycles. The van der Waals surface area contributed by atoms with Gasteiger partial charge in [-0.3, -0.25) is 9.35 Å². The summed E-state index contributed by atoms with van der Waals surface area (Å²) in [5, 5.41) is 9.95. The van der Waals surface area contributed by atoms with E-state index in [-0.39, 0.29) is 22.5 Å². The predicted octanol–water partition coefficient (Wildman–Crippen LogP) is 6.68. The molecule has 0 aliphatic carbocycles. The maximum atomic E-state index is 13.5. The van der Waals surface area contributed by atoms with Gasteiger partial charge in [0.2, 0.25) is 15.5 Å². The van der Waals surface area contributed by atoms with Crippen LogP contribution in [0.2, 0.25) is 0 Å². The minimum atomic E-state index is -4.06. The van der Waals surface area contributed by atoms with Crippen molar-refractivity contribution in [2.24, 2.45) is 0 Å². The van der Waals surface area contributed by atoms with Crippen molar-refractivity contribution in [2.75, 3.05) is 30.3 Å². The van der Waals surface area contributed by atoms with E-state index in [2.05, 4.69) is 54.5 Å². The first-order valence-electron chi connectivity index (χ1n) is 17.1. The average Bonchev–Trinajstić information content (AvgIpc) is 3.49. The Labute approximate surface area is 294 Å². The minimum Gasteiger partial charge on any atom is -0.481 e. The second kappa shape index (κ2) is 15.4. The van der Waals surface area contributed by atoms with Gasteiger partial charge in [0.1, 0.15) is 4.70 Å². The van der Waals surface area contributed by atoms with Gasteiger partial charge < -0.3 is 10.0 Å². The van der Waals surface area contributed by atoms with Crippen molar-refractivity contribution in [1.29, 1.82) is 0 Å². The number of aromatic nitrogens is 1. The highest BCUT2D eigenvalue weighted by Gasteiger charge is 2.39. The molecule has 0 spiro atoms. The Morgan fingerprint density at radius 3 is 2.45 bits per heavy atom. The number of unbranched alkanes of at least 4 members (excludes halogenated alkanes) is 3. The summed E-state index contributed by atoms with van der Waals surface area (Å²) >= 11 is 1.49. The zero-order valence-electron chi connectivity index (χ0n) is 28.6. The number of hydrogen-bond donors (Lipinski definition) is 2. The molecule has 2 aliphatic rings. The zero-order chi connectivity index (χ0) is 35.4. The van der Waals surface area contributed by atoms with Gasteiger partial charge in [0.05, 0.1) is 10.6 Å². The van der Waals surface area contributed by atoms with Gasteiger partial charge in [0, 0.05) is 61.4 Å². The number of aliphatic carboxylic acids is 1. The van der Waals surface area contributed by atoms with E-state index in [1.807, 2.05) is 18.2 Å². The number of carboxylic acid groups (broad SMARTS) is 1. The molecule has 49 heavy (non-hydrogen) atoms. The van der Waals surface area contributed by atoms with Crippen molar-refractivity contribution < 1.29 is 35.9 Å². The molecular weight excluding hydrogens is 683 g/mol. The summed E-state index contributed by atoms with van der Waals surface area (Å²) in [6.07, 6.45) is 12.2. The zero-order valence-corrected chi connectivity index (χ0v) is 31.0. The summed E-state index contributed by atoms with van der Waals surface area (Å²) in [6, 6.07) is 11.8. The number of nitrogens with zero attached hydrogens (tertiary/aromatic N) is 3. The van der Waals surface area contributed by atoms with Crippen LogP contribution in [0.15, 0.2) is 59.1 Å². The lowest BCUT2D eigenvalue weighted by molar-refractivity contribution is -0.669. The van der Waals surface area contributed by atoms with Gasteiger partial charge in [-0.25, -0.2) is 8.42 Å². The topological polar surface area (TPSA) is 136 Å². The van der Waals surface area contributed by atoms with Crippen LogP contribution in [0, 0.1) is 6.92 Å². The predicted molar refractivity (Wildman–Crippen MR) is 195 cm³/mol. The fourth-order valence-corrected chi connectivity index (χ4v) is 10.2. The van der Waals surface area contributed by atoms with Gasteiger partial charge in [-0.1, -0.05) is 61.8 Å². The Kier molecular flexibility index (Phi) is 11.7. The Morgan fingerprint density at radius 1 is 0.980 bits per heavy atom. The molecule has 10 nitrogen and oxygen atoms in total. The number of fused-ring (bicyclic) bond motifs is 2. The van der Waals surface area contributed by atoms with E-state index < -0.39 is 26.1 Å². The average molecular weight is 731 g/mol. The van der Waals surface area contributed by atoms with Gasteiger partial charge in [-0.2, -0.15) is 17.3 Å². The Bertz CT molecular complexity index is 1960. The van der Waals surface area contributed by atoms with E-state index in [1.54, 1.807) is 16.4 Å². The highest BCUT2D eigenvalue weighted by molar-refractivity contribution is 7.89. The van der Waals surface area contributed by atoms with E-state index in [0.29, 0.717) is 38.9 Å². The lowest BCUT2D eigenvalue weighted by atomic mass is 9.83. The number of carbonyl (C=O) groups is 1. The maximum absolute atomic E-state index is 13.5. The number of carboxylic acids is 1. The molecule has 3 aromatic rings. The molecule has 0 unspecified atom stereocenters. The number of benzene rings is 2. The fourth-order valence-electron chi connectivity index (χ4n) is 6.88. The van der Waals surface area contributed by atoms with Gasteiger partial charge in [-0.15, -0.1) is 0 Å². The van der Waals surface area contributed by atoms with E-state index in [9.17, 15) is 26.2 Å². The second-order valence-electron chi connectivity index (χ2n) is 13.6. The molecule has 0 radical (unpaired) electrons. The van der Waals surface area contributed by atoms with Crippen molar-refractivity contribution in [2.45, 2.75) is 95.4 Å². The normalized spacial score (nSPS) is 17.8. The van der Waals surface area contributed by atoms with Gasteiger partial charge in [-0.05, 0) is 68.9 Å². The molecule has 1 fully saturated rings. The number of rotatable bonds is 15. The van der Waals surface area contributed by atoms with Crippen molar-refractivity contribution in [3.8, 4) is 0 Å². The monoisotopic (exact) mass is 730 g/mol. The first-order valence-corrected chi connectivity index (χ1v) is 21.0. The summed E-state index contributed by atoms with van der Waals surface area (Å²) in [4.78, 5) is 13.6. The van der Waals surface area contributed by atoms with Crippen molar-refractivity contribution in [3.05, 3.63) is 70.4 Å². The fraction of sp³-hybridized carbons (Fsp3) is 0.500. The molecule has 0 saturated carbocycles. The Balaban J connectivity index is 1.47. The third kappa shape index (κ3) is 8.80. The molecule has 5 rings (SSSR count). The highest BCUT2D eigenvalue weighted by atomic mass is 32.2. The van der Waals surface area contributed by atoms with Crippen molar-refractivity contribution >= 4 is 59.4 Å². The van der Waals surface area contributed by atoms with Crippen LogP contribution in [0.5, 0.6) is 0 Å². The number of piperidine rings is 1. The van der Waals surface area contributed by atoms with Gasteiger partial charge >= 0.3 is 5.97 Å². The van der Waals surface area contributed by atoms with Crippen LogP contribution in [-0.2, 0) is 36.9 Å². The first kappa shape index (κ1) is 37.2. The standard InChI is InChI=1S/C36H47N3O7S3/c1-27-16-18-30-29(25-27)36(2,3)33(38(30)22-9-4-6-15-35(40)41)13-12-14-34-39(23-10-11-24-48(42,43)44)31-19-17-28(26-32(31)47-34)49(45,46)37-20-7-5-8-21-37/h12-14,16-19,25-26H,4-11,15,20-24H2,1-3H3,(H-,40,41,42,43,44)/p+1. The molecule has 2 aromatic carbocycles. The van der Waals surface area contributed by atoms with Crippen LogP contribution in [0.3, 0.4) is 0 Å². The van der Waals surface area contributed by atoms with Crippen molar-refractivity contribution in [1.82, 2.24) is 4.31 Å². The summed E-state index contributed by atoms with van der Waals surface area (Å²) < 4.78 is 63.4. The van der Waals surface area contributed by atoms with E-state index >= 15 is 0 Å². The summed E-state index contributed by atoms with van der Waals surface area (Å²) in [5.41, 5.74) is 5.33. The lowest BCUT2D eigenvalue weighted by Gasteiger charge is -2.27. The third-order valence-corrected chi connectivity index (χ3v) is 13.3. The third-order valence-electron chi connectivity index (χ3n) is 9.50. The van der Waals surface area contributed by atoms with Crippen LogP contribution in [0.4, 0.5) is 5.69 Å². The quantitative estimate of drug-likeness (QED) is 0.100. The molecule has 1 aromatic heterocycles. The number of hydrogen-bond acceptors (Lipinski definition) is 7. The smallest absolute Gasteiger partial charge is 0.303 e. The van der Waals surface area contributed by atoms with E-state index in [0.717, 1.165) is 65.3 Å². The number of aryl methyl sites for hydroxylation is 2. The van der Waals surface area contributed by atoms with Crippen LogP contribution >= 0.6 is 11.3 Å². The Morgan fingerprint density at radius 2 is 1.73 bits per heavy atom. The van der Waals surface area contributed by atoms with Crippen molar-refractivity contribution in [3.63, 3.8) is 0 Å². The SMILES string of the molecule is Cc1ccc2c(c1)C(C)(C)/C(=C\C=C\c1sc3cc(S(=O)(=O)N4CCCCC4)ccc3[n+]1CCCCS(=O)(=O)O)N2CCCCCC(=O)O. The molecule has 0 amide bonds. The summed E-state index contributed by atoms with van der Waals surface area (Å²) in [7, 11) is -7.67. The van der Waals surface area contributed by atoms with Gasteiger partial charge in [0.15, 0.2) is 6.54 Å². The minimum absolute atomic E-state index is 0.170. The maximum Gasteiger partial charge on any atom is 0.303 e. The van der Waals surface area contributed by atoms with E-state index in [1.165, 1.54) is 22.5 Å². The largest absolute Gasteiger partial charge is 0.481 e. The number of anilines is 1. The van der Waals surface area contributed by atoms with Crippen LogP contribution in [-0.4, -0.2) is 62.2 Å². The molecule has 3 heterocycles. The number of thiazole rings is 1. The highest BCUT2D eigenvalue weighted by Crippen LogP contribution is 2.48. The molecule has 0 bridgehead atoms. The summed E-state index contributed by atoms with van der Waals surface area (Å²) in [5.74, 6) is -1.09. The molecule has 0 atom stereocenters. The van der Waals surface area contributed by atoms with Gasteiger partial charge in [0.25, 0.3) is 15.1 Å². The van der Waals surface area contributed by atoms with E-state index in [4.69, 9.17) is 5.11 Å². The van der Waals surface area contributed by atoms with Crippen LogP contribution < -0.4 is 9.47 Å². The molecule has 13 heteroatoms. The Hall–Kier alpha value is -3.10. The first-order chi connectivity index (χ1) is 23.2. The second-order valence-corrected chi connectivity index (χ2v) is 18.2. The molecule has 266 valence electrons. The molecular formula is C36H48N3O7S3+. The molecule has 2 N–H and O–H groups in total. The number of allylic oxidation sites excluding steroid dienone is 3. The molecule has 1 saturated heterocycles. The van der Waals surface area contributed by atoms with Crippen LogP contribution in [0.25, 0.3) is 16.3 Å².